The summed E-state index contributed by atoms with van der Waals surface area (Å²) in [6, 6.07) is 14.0. The number of carboxylic acid groups (broad SMARTS) is 1. The van der Waals surface area contributed by atoms with Crippen molar-refractivity contribution in [3.63, 3.8) is 0 Å². The fraction of sp³-hybridized carbons (Fsp3) is 0.300. The van der Waals surface area contributed by atoms with E-state index in [1.165, 1.54) is 22.3 Å². The number of carbonyl (C=O) groups excluding carboxylic acids is 1. The Hall–Kier alpha value is -2.90. The third kappa shape index (κ3) is 5.06. The minimum Gasteiger partial charge on any atom is -0.548 e. The van der Waals surface area contributed by atoms with Crippen LogP contribution < -0.4 is 26.9 Å². The smallest absolute Gasteiger partial charge is 0.338 e. The van der Waals surface area contributed by atoms with Crippen LogP contribution in [0.25, 0.3) is 11.1 Å². The highest BCUT2D eigenvalue weighted by Gasteiger charge is 2.18. The Labute approximate surface area is 158 Å². The SMILES string of the molecule is NC(N)=[NH+]CCC[C@@H](NCc1ccc2c(c1)Cc1ccccc1-2)C(=O)[O-].O. The molecule has 1 atom stereocenters. The maximum Gasteiger partial charge on any atom is 0.338 e. The Kier molecular flexibility index (Phi) is 6.92. The standard InChI is InChI=1S/C20H24N4O2.H2O/c21-20(22)23-9-3-6-18(19(25)26)24-12-13-7-8-17-15(10-13)11-14-4-1-2-5-16(14)17;/h1-2,4-5,7-8,10,18,24H,3,6,9,11-12H2,(H,25,26)(H4,21,22,23);1H2/t18-;/m1./s1. The predicted molar refractivity (Wildman–Crippen MR) is 102 cm³/mol. The van der Waals surface area contributed by atoms with Crippen molar-refractivity contribution in [2.24, 2.45) is 11.5 Å². The van der Waals surface area contributed by atoms with Gasteiger partial charge < -0.3 is 20.7 Å². The molecule has 0 spiro atoms. The van der Waals surface area contributed by atoms with Crippen LogP contribution in [0.15, 0.2) is 42.5 Å². The van der Waals surface area contributed by atoms with Gasteiger partial charge in [-0.05, 0) is 47.1 Å². The number of hydrogen-bond acceptors (Lipinski definition) is 3. The van der Waals surface area contributed by atoms with Gasteiger partial charge in [-0.25, -0.2) is 0 Å². The summed E-state index contributed by atoms with van der Waals surface area (Å²) in [5.41, 5.74) is 16.9. The number of nitrogens with two attached hydrogens (primary N) is 2. The van der Waals surface area contributed by atoms with E-state index in [-0.39, 0.29) is 11.4 Å². The van der Waals surface area contributed by atoms with E-state index in [4.69, 9.17) is 11.5 Å². The van der Waals surface area contributed by atoms with Crippen LogP contribution in [0.2, 0.25) is 0 Å². The molecule has 2 aromatic carbocycles. The lowest BCUT2D eigenvalue weighted by Gasteiger charge is -2.19. The molecular weight excluding hydrogens is 344 g/mol. The van der Waals surface area contributed by atoms with Crippen molar-refractivity contribution >= 4 is 11.9 Å². The highest BCUT2D eigenvalue weighted by atomic mass is 16.4. The van der Waals surface area contributed by atoms with E-state index >= 15 is 0 Å². The number of carboxylic acids is 1. The van der Waals surface area contributed by atoms with Gasteiger partial charge in [0.15, 0.2) is 0 Å². The number of benzene rings is 2. The van der Waals surface area contributed by atoms with Crippen LogP contribution in [0.1, 0.15) is 29.5 Å². The van der Waals surface area contributed by atoms with Gasteiger partial charge in [0, 0.05) is 12.6 Å². The van der Waals surface area contributed by atoms with Gasteiger partial charge in [-0.15, -0.1) is 0 Å². The molecule has 1 aliphatic rings. The van der Waals surface area contributed by atoms with Crippen molar-refractivity contribution in [3.8, 4) is 11.1 Å². The van der Waals surface area contributed by atoms with Crippen LogP contribution >= 0.6 is 0 Å². The van der Waals surface area contributed by atoms with Gasteiger partial charge in [0.2, 0.25) is 0 Å². The van der Waals surface area contributed by atoms with E-state index in [0.717, 1.165) is 12.0 Å². The molecule has 0 unspecified atom stereocenters. The van der Waals surface area contributed by atoms with Crippen molar-refractivity contribution in [1.82, 2.24) is 5.32 Å². The molecule has 7 nitrogen and oxygen atoms in total. The minimum atomic E-state index is -1.09. The molecule has 0 aliphatic heterocycles. The first-order chi connectivity index (χ1) is 12.5. The van der Waals surface area contributed by atoms with Crippen LogP contribution in [-0.2, 0) is 17.8 Å². The second-order valence-corrected chi connectivity index (χ2v) is 6.60. The molecular formula is C20H26N4O3. The molecule has 0 saturated heterocycles. The van der Waals surface area contributed by atoms with Crippen LogP contribution in [0.3, 0.4) is 0 Å². The van der Waals surface area contributed by atoms with Crippen molar-refractivity contribution in [3.05, 3.63) is 59.2 Å². The molecule has 27 heavy (non-hydrogen) atoms. The predicted octanol–water partition coefficient (Wildman–Crippen LogP) is -2.22. The third-order valence-electron chi connectivity index (χ3n) is 4.69. The Morgan fingerprint density at radius 1 is 1.15 bits per heavy atom. The van der Waals surface area contributed by atoms with E-state index in [9.17, 15) is 9.90 Å². The zero-order valence-corrected chi connectivity index (χ0v) is 15.1. The van der Waals surface area contributed by atoms with Gasteiger partial charge in [-0.2, -0.15) is 0 Å². The monoisotopic (exact) mass is 370 g/mol. The second kappa shape index (κ2) is 9.16. The van der Waals surface area contributed by atoms with Crippen molar-refractivity contribution < 1.29 is 20.4 Å². The number of rotatable bonds is 8. The van der Waals surface area contributed by atoms with Gasteiger partial charge in [-0.1, -0.05) is 42.5 Å². The van der Waals surface area contributed by atoms with E-state index in [1.54, 1.807) is 0 Å². The van der Waals surface area contributed by atoms with Crippen molar-refractivity contribution in [2.75, 3.05) is 6.54 Å². The zero-order valence-electron chi connectivity index (χ0n) is 15.1. The molecule has 0 saturated carbocycles. The quantitative estimate of drug-likeness (QED) is 0.201. The molecule has 8 N–H and O–H groups in total. The van der Waals surface area contributed by atoms with Gasteiger partial charge in [-0.3, -0.25) is 16.5 Å². The first-order valence-electron chi connectivity index (χ1n) is 8.80. The molecule has 0 amide bonds. The number of hydrogen-bond donors (Lipinski definition) is 4. The molecule has 0 heterocycles. The molecule has 3 rings (SSSR count). The lowest BCUT2D eigenvalue weighted by molar-refractivity contribution is -0.459. The lowest BCUT2D eigenvalue weighted by atomic mass is 10.0. The van der Waals surface area contributed by atoms with Crippen LogP contribution in [-0.4, -0.2) is 30.0 Å². The highest BCUT2D eigenvalue weighted by Crippen LogP contribution is 2.36. The normalized spacial score (nSPS) is 12.4. The largest absolute Gasteiger partial charge is 0.548 e. The summed E-state index contributed by atoms with van der Waals surface area (Å²) < 4.78 is 0. The van der Waals surface area contributed by atoms with Crippen LogP contribution in [0, 0.1) is 0 Å². The summed E-state index contributed by atoms with van der Waals surface area (Å²) in [4.78, 5) is 14.1. The molecule has 144 valence electrons. The molecule has 7 heteroatoms. The average molecular weight is 370 g/mol. The lowest BCUT2D eigenvalue weighted by Crippen LogP contribution is -2.78. The van der Waals surface area contributed by atoms with Gasteiger partial charge in [0.1, 0.15) is 0 Å². The number of nitrogens with one attached hydrogen (secondary N) is 2. The van der Waals surface area contributed by atoms with E-state index in [1.807, 2.05) is 6.07 Å². The first-order valence-corrected chi connectivity index (χ1v) is 8.80. The third-order valence-corrected chi connectivity index (χ3v) is 4.69. The summed E-state index contributed by atoms with van der Waals surface area (Å²) in [5, 5.41) is 14.4. The van der Waals surface area contributed by atoms with Crippen LogP contribution in [0.5, 0.6) is 0 Å². The minimum absolute atomic E-state index is 0. The fourth-order valence-corrected chi connectivity index (χ4v) is 3.39. The number of carbonyl (C=O) groups is 1. The maximum atomic E-state index is 11.3. The second-order valence-electron chi connectivity index (χ2n) is 6.60. The topological polar surface area (TPSA) is 150 Å². The van der Waals surface area contributed by atoms with E-state index in [2.05, 4.69) is 46.7 Å². The molecule has 2 aromatic rings. The van der Waals surface area contributed by atoms with Gasteiger partial charge in [0.05, 0.1) is 12.5 Å². The Bertz CT molecular complexity index is 832. The summed E-state index contributed by atoms with van der Waals surface area (Å²) in [5.74, 6) is -0.953. The first kappa shape index (κ1) is 20.4. The maximum absolute atomic E-state index is 11.3. The Morgan fingerprint density at radius 2 is 1.89 bits per heavy atom. The van der Waals surface area contributed by atoms with Crippen molar-refractivity contribution in [1.29, 1.82) is 0 Å². The number of aliphatic carboxylic acids is 1. The van der Waals surface area contributed by atoms with Gasteiger partial charge in [0.25, 0.3) is 0 Å². The summed E-state index contributed by atoms with van der Waals surface area (Å²) in [6.45, 7) is 1.02. The average Bonchev–Trinajstić information content (AvgIpc) is 2.98. The summed E-state index contributed by atoms with van der Waals surface area (Å²) >= 11 is 0. The Morgan fingerprint density at radius 3 is 2.63 bits per heavy atom. The molecule has 0 fully saturated rings. The summed E-state index contributed by atoms with van der Waals surface area (Å²) in [6.07, 6.45) is 1.99. The molecule has 1 aliphatic carbocycles. The zero-order chi connectivity index (χ0) is 18.5. The summed E-state index contributed by atoms with van der Waals surface area (Å²) in [7, 11) is 0. The van der Waals surface area contributed by atoms with E-state index < -0.39 is 12.0 Å². The fourth-order valence-electron chi connectivity index (χ4n) is 3.39. The number of fused-ring (bicyclic) bond motifs is 3. The molecule has 0 radical (unpaired) electrons. The highest BCUT2D eigenvalue weighted by molar-refractivity contribution is 5.77. The van der Waals surface area contributed by atoms with Gasteiger partial charge >= 0.3 is 5.96 Å². The molecule has 0 aromatic heterocycles. The number of guanidine groups is 1. The molecule has 0 bridgehead atoms. The van der Waals surface area contributed by atoms with E-state index in [0.29, 0.717) is 25.9 Å². The van der Waals surface area contributed by atoms with Crippen LogP contribution in [0.4, 0.5) is 0 Å². The van der Waals surface area contributed by atoms with Crippen molar-refractivity contribution in [2.45, 2.75) is 31.8 Å². The Balaban J connectivity index is 0.00000261.